The van der Waals surface area contributed by atoms with Crippen molar-refractivity contribution in [2.24, 2.45) is 0 Å². The summed E-state index contributed by atoms with van der Waals surface area (Å²) in [6, 6.07) is 11.9. The first-order valence-electron chi connectivity index (χ1n) is 6.20. The van der Waals surface area contributed by atoms with Crippen molar-refractivity contribution in [2.45, 2.75) is 12.3 Å². The van der Waals surface area contributed by atoms with Crippen LogP contribution in [0.3, 0.4) is 0 Å². The number of hydrogen-bond donors (Lipinski definition) is 0. The van der Waals surface area contributed by atoms with Crippen LogP contribution in [0, 0.1) is 6.92 Å². The number of benzene rings is 2. The molecule has 20 heavy (non-hydrogen) atoms. The minimum Gasteiger partial charge on any atom is -0.495 e. The van der Waals surface area contributed by atoms with E-state index in [1.807, 2.05) is 30.3 Å². The van der Waals surface area contributed by atoms with Gasteiger partial charge in [-0.05, 0) is 46.1 Å². The average Bonchev–Trinajstić information content (AvgIpc) is 2.46. The molecule has 0 amide bonds. The predicted molar refractivity (Wildman–Crippen MR) is 86.1 cm³/mol. The molecule has 2 rings (SSSR count). The number of rotatable bonds is 4. The molecule has 2 aromatic rings. The minimum absolute atomic E-state index is 0.270. The van der Waals surface area contributed by atoms with Crippen molar-refractivity contribution in [3.05, 3.63) is 57.6 Å². The fourth-order valence-electron chi connectivity index (χ4n) is 2.16. The molecule has 0 aliphatic carbocycles. The Labute approximate surface area is 132 Å². The van der Waals surface area contributed by atoms with Gasteiger partial charge in [0.1, 0.15) is 16.0 Å². The fourth-order valence-corrected chi connectivity index (χ4v) is 3.26. The molecule has 1 atom stereocenters. The third-order valence-electron chi connectivity index (χ3n) is 3.25. The molecule has 0 radical (unpaired) electrons. The molecule has 106 valence electrons. The number of ether oxygens (including phenoxy) is 2. The van der Waals surface area contributed by atoms with Crippen LogP contribution in [0.4, 0.5) is 0 Å². The molecule has 1 unspecified atom stereocenters. The Kier molecular flexibility index (Phi) is 4.95. The van der Waals surface area contributed by atoms with E-state index in [9.17, 15) is 0 Å². The van der Waals surface area contributed by atoms with E-state index in [0.717, 1.165) is 26.9 Å². The van der Waals surface area contributed by atoms with Crippen molar-refractivity contribution in [2.75, 3.05) is 14.2 Å². The lowest BCUT2D eigenvalue weighted by atomic mass is 9.99. The Balaban J connectivity index is 2.53. The number of methoxy groups -OCH3 is 2. The highest BCUT2D eigenvalue weighted by Gasteiger charge is 2.21. The highest BCUT2D eigenvalue weighted by atomic mass is 79.9. The molecular weight excluding hydrogens is 340 g/mol. The van der Waals surface area contributed by atoms with Crippen LogP contribution in [0.1, 0.15) is 22.1 Å². The van der Waals surface area contributed by atoms with E-state index in [1.165, 1.54) is 0 Å². The monoisotopic (exact) mass is 354 g/mol. The Morgan fingerprint density at radius 1 is 1.00 bits per heavy atom. The van der Waals surface area contributed by atoms with Crippen LogP contribution in [0.5, 0.6) is 11.5 Å². The molecule has 0 spiro atoms. The van der Waals surface area contributed by atoms with Gasteiger partial charge in [0.25, 0.3) is 0 Å². The van der Waals surface area contributed by atoms with Gasteiger partial charge in [0.2, 0.25) is 0 Å². The molecule has 0 bridgehead atoms. The van der Waals surface area contributed by atoms with E-state index in [1.54, 1.807) is 14.2 Å². The molecule has 0 saturated carbocycles. The summed E-state index contributed by atoms with van der Waals surface area (Å²) in [4.78, 5) is 0. The van der Waals surface area contributed by atoms with Crippen LogP contribution in [-0.4, -0.2) is 14.2 Å². The molecular formula is C16H16BrClO2. The van der Waals surface area contributed by atoms with Crippen LogP contribution in [-0.2, 0) is 0 Å². The lowest BCUT2D eigenvalue weighted by molar-refractivity contribution is 0.386. The van der Waals surface area contributed by atoms with E-state index >= 15 is 0 Å². The fraction of sp³-hybridized carbons (Fsp3) is 0.250. The van der Waals surface area contributed by atoms with Gasteiger partial charge in [-0.2, -0.15) is 0 Å². The third kappa shape index (κ3) is 2.79. The topological polar surface area (TPSA) is 18.5 Å². The summed E-state index contributed by atoms with van der Waals surface area (Å²) in [5, 5.41) is -0.270. The number of aryl methyl sites for hydroxylation is 1. The van der Waals surface area contributed by atoms with Crippen molar-refractivity contribution in [3.8, 4) is 11.5 Å². The van der Waals surface area contributed by atoms with Gasteiger partial charge in [-0.25, -0.2) is 0 Å². The first-order chi connectivity index (χ1) is 9.60. The summed E-state index contributed by atoms with van der Waals surface area (Å²) in [6.45, 7) is 2.05. The average molecular weight is 356 g/mol. The largest absolute Gasteiger partial charge is 0.495 e. The molecule has 2 aromatic carbocycles. The van der Waals surface area contributed by atoms with Crippen LogP contribution in [0.25, 0.3) is 0 Å². The smallest absolute Gasteiger partial charge is 0.141 e. The summed E-state index contributed by atoms with van der Waals surface area (Å²) in [5.41, 5.74) is 3.14. The van der Waals surface area contributed by atoms with E-state index in [2.05, 4.69) is 28.9 Å². The maximum Gasteiger partial charge on any atom is 0.141 e. The summed E-state index contributed by atoms with van der Waals surface area (Å²) < 4.78 is 11.5. The SMILES string of the molecule is COc1ccc(C(Cl)c2ccccc2C)c(OC)c1Br. The van der Waals surface area contributed by atoms with Gasteiger partial charge in [0.05, 0.1) is 19.6 Å². The zero-order valence-corrected chi connectivity index (χ0v) is 14.0. The molecule has 0 fully saturated rings. The normalized spacial score (nSPS) is 12.1. The van der Waals surface area contributed by atoms with Crippen molar-refractivity contribution in [1.82, 2.24) is 0 Å². The van der Waals surface area contributed by atoms with Crippen LogP contribution in [0.15, 0.2) is 40.9 Å². The van der Waals surface area contributed by atoms with E-state index in [0.29, 0.717) is 5.75 Å². The number of hydrogen-bond acceptors (Lipinski definition) is 2. The molecule has 0 aromatic heterocycles. The summed E-state index contributed by atoms with van der Waals surface area (Å²) in [5.74, 6) is 1.42. The lowest BCUT2D eigenvalue weighted by Crippen LogP contribution is -2.01. The van der Waals surface area contributed by atoms with Gasteiger partial charge >= 0.3 is 0 Å². The van der Waals surface area contributed by atoms with Gasteiger partial charge in [-0.3, -0.25) is 0 Å². The van der Waals surface area contributed by atoms with Crippen molar-refractivity contribution in [1.29, 1.82) is 0 Å². The Morgan fingerprint density at radius 3 is 2.30 bits per heavy atom. The number of halogens is 2. The Morgan fingerprint density at radius 2 is 1.70 bits per heavy atom. The minimum atomic E-state index is -0.270. The van der Waals surface area contributed by atoms with Crippen molar-refractivity contribution < 1.29 is 9.47 Å². The second-order valence-electron chi connectivity index (χ2n) is 4.42. The molecule has 4 heteroatoms. The van der Waals surface area contributed by atoms with Crippen molar-refractivity contribution >= 4 is 27.5 Å². The van der Waals surface area contributed by atoms with E-state index in [-0.39, 0.29) is 5.38 Å². The van der Waals surface area contributed by atoms with Crippen LogP contribution < -0.4 is 9.47 Å². The summed E-state index contributed by atoms with van der Waals surface area (Å²) in [7, 11) is 3.25. The first kappa shape index (κ1) is 15.2. The van der Waals surface area contributed by atoms with E-state index in [4.69, 9.17) is 21.1 Å². The van der Waals surface area contributed by atoms with Gasteiger partial charge in [-0.1, -0.05) is 24.3 Å². The quantitative estimate of drug-likeness (QED) is 0.710. The predicted octanol–water partition coefficient (Wildman–Crippen LogP) is 5.10. The summed E-state index contributed by atoms with van der Waals surface area (Å²) in [6.07, 6.45) is 0. The van der Waals surface area contributed by atoms with Gasteiger partial charge in [-0.15, -0.1) is 11.6 Å². The summed E-state index contributed by atoms with van der Waals surface area (Å²) >= 11 is 10.1. The maximum atomic E-state index is 6.65. The van der Waals surface area contributed by atoms with Crippen LogP contribution in [0.2, 0.25) is 0 Å². The molecule has 0 saturated heterocycles. The molecule has 0 heterocycles. The van der Waals surface area contributed by atoms with E-state index < -0.39 is 0 Å². The van der Waals surface area contributed by atoms with Gasteiger partial charge in [0.15, 0.2) is 0 Å². The Bertz CT molecular complexity index is 613. The van der Waals surface area contributed by atoms with Gasteiger partial charge in [0, 0.05) is 5.56 Å². The Hall–Kier alpha value is -1.19. The standard InChI is InChI=1S/C16H16BrClO2/c1-10-6-4-5-7-11(10)15(18)12-8-9-13(19-2)14(17)16(12)20-3/h4-9,15H,1-3H3. The van der Waals surface area contributed by atoms with Gasteiger partial charge < -0.3 is 9.47 Å². The number of alkyl halides is 1. The zero-order valence-electron chi connectivity index (χ0n) is 11.6. The molecule has 0 N–H and O–H groups in total. The first-order valence-corrected chi connectivity index (χ1v) is 7.43. The third-order valence-corrected chi connectivity index (χ3v) is 4.47. The molecule has 0 aliphatic rings. The maximum absolute atomic E-state index is 6.65. The zero-order chi connectivity index (χ0) is 14.7. The highest BCUT2D eigenvalue weighted by Crippen LogP contribution is 2.43. The van der Waals surface area contributed by atoms with Crippen molar-refractivity contribution in [3.63, 3.8) is 0 Å². The second-order valence-corrected chi connectivity index (χ2v) is 5.65. The second kappa shape index (κ2) is 6.51. The van der Waals surface area contributed by atoms with Crippen LogP contribution >= 0.6 is 27.5 Å². The highest BCUT2D eigenvalue weighted by molar-refractivity contribution is 9.10. The lowest BCUT2D eigenvalue weighted by Gasteiger charge is -2.18. The molecule has 2 nitrogen and oxygen atoms in total. The molecule has 0 aliphatic heterocycles.